The molecule has 0 radical (unpaired) electrons. The number of H-pyrrole nitrogens is 1. The Hall–Kier alpha value is -4.79. The number of aromatic nitrogens is 2. The number of nitrogens with zero attached hydrogens (tertiary/aromatic N) is 3. The predicted octanol–water partition coefficient (Wildman–Crippen LogP) is 5.29. The average molecular weight is 579 g/mol. The fourth-order valence-corrected chi connectivity index (χ4v) is 6.31. The highest BCUT2D eigenvalue weighted by Gasteiger charge is 2.50. The first-order valence-electron chi connectivity index (χ1n) is 14.5. The van der Waals surface area contributed by atoms with E-state index in [0.717, 1.165) is 22.0 Å². The first-order valence-corrected chi connectivity index (χ1v) is 14.5. The molecule has 2 aromatic heterocycles. The molecule has 2 amide bonds. The molecular formula is C34H34N4O5. The number of rotatable bonds is 7. The molecule has 2 N–H and O–H groups in total. The molecule has 2 saturated heterocycles. The van der Waals surface area contributed by atoms with Crippen LogP contribution in [-0.4, -0.2) is 73.6 Å². The van der Waals surface area contributed by atoms with E-state index in [1.165, 1.54) is 12.1 Å². The second-order valence-corrected chi connectivity index (χ2v) is 12.6. The van der Waals surface area contributed by atoms with Crippen molar-refractivity contribution in [1.82, 2.24) is 19.8 Å². The van der Waals surface area contributed by atoms with Gasteiger partial charge in [0, 0.05) is 42.2 Å². The number of nitrogens with one attached hydrogen (secondary N) is 1. The third-order valence-electron chi connectivity index (χ3n) is 8.80. The molecule has 2 aliphatic heterocycles. The SMILES string of the molecule is CC(C)(C)[C@H](CC(=O)c1cc2ccccc2[nH]1)C(=O)N1C[C@@H]2C[C@H]1CN2C(=O)c1ccc(-c2ccc(C(=O)O)cc2)cn1. The number of para-hydroxylation sites is 1. The molecule has 2 aliphatic rings. The Morgan fingerprint density at radius 2 is 1.60 bits per heavy atom. The van der Waals surface area contributed by atoms with Crippen molar-refractivity contribution in [2.45, 2.75) is 45.7 Å². The monoisotopic (exact) mass is 578 g/mol. The number of carbonyl (C=O) groups is 4. The molecule has 43 heavy (non-hydrogen) atoms. The Bertz CT molecular complexity index is 1690. The zero-order chi connectivity index (χ0) is 30.5. The van der Waals surface area contributed by atoms with Crippen molar-refractivity contribution in [3.05, 3.63) is 89.9 Å². The van der Waals surface area contributed by atoms with Gasteiger partial charge >= 0.3 is 5.97 Å². The molecule has 9 heteroatoms. The van der Waals surface area contributed by atoms with E-state index in [0.29, 0.717) is 30.9 Å². The van der Waals surface area contributed by atoms with Gasteiger partial charge in [-0.3, -0.25) is 19.4 Å². The lowest BCUT2D eigenvalue weighted by molar-refractivity contribution is -0.141. The van der Waals surface area contributed by atoms with Crippen molar-refractivity contribution in [2.24, 2.45) is 11.3 Å². The summed E-state index contributed by atoms with van der Waals surface area (Å²) in [6.07, 6.45) is 2.44. The van der Waals surface area contributed by atoms with Gasteiger partial charge in [-0.25, -0.2) is 4.79 Å². The van der Waals surface area contributed by atoms with Gasteiger partial charge in [0.2, 0.25) is 5.91 Å². The number of benzene rings is 2. The van der Waals surface area contributed by atoms with E-state index in [-0.39, 0.29) is 41.7 Å². The number of aromatic carboxylic acids is 1. The summed E-state index contributed by atoms with van der Waals surface area (Å²) in [5.41, 5.74) is 3.10. The van der Waals surface area contributed by atoms with Crippen molar-refractivity contribution >= 4 is 34.5 Å². The van der Waals surface area contributed by atoms with Crippen molar-refractivity contribution < 1.29 is 24.3 Å². The van der Waals surface area contributed by atoms with Gasteiger partial charge in [-0.15, -0.1) is 0 Å². The molecule has 2 aromatic carbocycles. The summed E-state index contributed by atoms with van der Waals surface area (Å²) in [5, 5.41) is 10.1. The van der Waals surface area contributed by atoms with E-state index >= 15 is 0 Å². The van der Waals surface area contributed by atoms with Gasteiger partial charge in [0.25, 0.3) is 5.91 Å². The third kappa shape index (κ3) is 5.43. The molecule has 9 nitrogen and oxygen atoms in total. The first-order chi connectivity index (χ1) is 20.5. The van der Waals surface area contributed by atoms with E-state index in [2.05, 4.69) is 9.97 Å². The van der Waals surface area contributed by atoms with E-state index in [4.69, 9.17) is 5.11 Å². The molecule has 0 saturated carbocycles. The molecule has 2 bridgehead atoms. The fourth-order valence-electron chi connectivity index (χ4n) is 6.31. The number of fused-ring (bicyclic) bond motifs is 3. The van der Waals surface area contributed by atoms with Crippen LogP contribution in [0.25, 0.3) is 22.0 Å². The number of carboxylic acids is 1. The molecule has 220 valence electrons. The summed E-state index contributed by atoms with van der Waals surface area (Å²) in [5.74, 6) is -1.77. The van der Waals surface area contributed by atoms with Crippen LogP contribution >= 0.6 is 0 Å². The first kappa shape index (κ1) is 28.3. The fraction of sp³-hybridized carbons (Fsp3) is 0.324. The number of hydrogen-bond donors (Lipinski definition) is 2. The van der Waals surface area contributed by atoms with Crippen molar-refractivity contribution in [2.75, 3.05) is 13.1 Å². The molecule has 2 fully saturated rings. The smallest absolute Gasteiger partial charge is 0.335 e. The molecule has 0 aliphatic carbocycles. The second kappa shape index (κ2) is 10.8. The highest BCUT2D eigenvalue weighted by molar-refractivity contribution is 6.01. The summed E-state index contributed by atoms with van der Waals surface area (Å²) in [6, 6.07) is 19.4. The van der Waals surface area contributed by atoms with Gasteiger partial charge in [-0.2, -0.15) is 0 Å². The number of piperazine rings is 1. The Morgan fingerprint density at radius 3 is 2.21 bits per heavy atom. The number of pyridine rings is 1. The normalized spacial score (nSPS) is 18.7. The molecule has 3 atom stereocenters. The van der Waals surface area contributed by atoms with Crippen LogP contribution in [0.5, 0.6) is 0 Å². The number of carboxylic acid groups (broad SMARTS) is 1. The van der Waals surface area contributed by atoms with E-state index in [9.17, 15) is 19.2 Å². The second-order valence-electron chi connectivity index (χ2n) is 12.6. The van der Waals surface area contributed by atoms with Crippen LogP contribution in [0.4, 0.5) is 0 Å². The van der Waals surface area contributed by atoms with Crippen LogP contribution in [0.2, 0.25) is 0 Å². The maximum Gasteiger partial charge on any atom is 0.335 e. The number of aromatic amines is 1. The quantitative estimate of drug-likeness (QED) is 0.287. The minimum Gasteiger partial charge on any atom is -0.478 e. The number of carbonyl (C=O) groups excluding carboxylic acids is 3. The molecule has 0 spiro atoms. The number of ketones is 1. The van der Waals surface area contributed by atoms with Gasteiger partial charge in [0.1, 0.15) is 5.69 Å². The van der Waals surface area contributed by atoms with Crippen LogP contribution in [0, 0.1) is 11.3 Å². The molecule has 4 aromatic rings. The van der Waals surface area contributed by atoms with Crippen LogP contribution < -0.4 is 0 Å². The zero-order valence-electron chi connectivity index (χ0n) is 24.4. The Balaban J connectivity index is 1.11. The van der Waals surface area contributed by atoms with Gasteiger partial charge in [-0.1, -0.05) is 57.2 Å². The van der Waals surface area contributed by atoms with E-state index < -0.39 is 17.3 Å². The maximum absolute atomic E-state index is 13.9. The topological polar surface area (TPSA) is 124 Å². The predicted molar refractivity (Wildman–Crippen MR) is 162 cm³/mol. The van der Waals surface area contributed by atoms with Crippen molar-refractivity contribution in [1.29, 1.82) is 0 Å². The summed E-state index contributed by atoms with van der Waals surface area (Å²) in [6.45, 7) is 6.86. The number of hydrogen-bond acceptors (Lipinski definition) is 5. The number of likely N-dealkylation sites (tertiary alicyclic amines) is 2. The molecule has 0 unspecified atom stereocenters. The molecule has 6 rings (SSSR count). The van der Waals surface area contributed by atoms with E-state index in [1.54, 1.807) is 35.4 Å². The van der Waals surface area contributed by atoms with Gasteiger partial charge < -0.3 is 19.9 Å². The Kier molecular flexibility index (Phi) is 7.12. The standard InChI is InChI=1S/C34H34N4O5/c1-34(2,3)26(16-30(39)29-14-22-6-4-5-7-27(22)36-29)31(40)37-18-25-15-24(37)19-38(25)32(41)28-13-12-23(17-35-28)20-8-10-21(11-9-20)33(42)43/h4-14,17,24-26,36H,15-16,18-19H2,1-3H3,(H,42,43)/t24-,25-,26+/m0/s1. The minimum atomic E-state index is -0.987. The number of amides is 2. The minimum absolute atomic E-state index is 0.0343. The van der Waals surface area contributed by atoms with Crippen LogP contribution in [0.15, 0.2) is 72.9 Å². The summed E-state index contributed by atoms with van der Waals surface area (Å²) >= 11 is 0. The maximum atomic E-state index is 13.9. The molecule has 4 heterocycles. The lowest BCUT2D eigenvalue weighted by Crippen LogP contribution is -2.53. The summed E-state index contributed by atoms with van der Waals surface area (Å²) in [4.78, 5) is 63.0. The van der Waals surface area contributed by atoms with Gasteiger partial charge in [0.15, 0.2) is 5.78 Å². The lowest BCUT2D eigenvalue weighted by atomic mass is 9.76. The lowest BCUT2D eigenvalue weighted by Gasteiger charge is -2.39. The molecular weight excluding hydrogens is 544 g/mol. The average Bonchev–Trinajstić information content (AvgIpc) is 3.73. The van der Waals surface area contributed by atoms with Crippen molar-refractivity contribution in [3.63, 3.8) is 0 Å². The van der Waals surface area contributed by atoms with Gasteiger partial charge in [0.05, 0.1) is 29.3 Å². The Labute approximate surface area is 249 Å². The van der Waals surface area contributed by atoms with Crippen LogP contribution in [0.3, 0.4) is 0 Å². The van der Waals surface area contributed by atoms with Crippen molar-refractivity contribution in [3.8, 4) is 11.1 Å². The summed E-state index contributed by atoms with van der Waals surface area (Å²) < 4.78 is 0. The Morgan fingerprint density at radius 1 is 0.930 bits per heavy atom. The summed E-state index contributed by atoms with van der Waals surface area (Å²) in [7, 11) is 0. The van der Waals surface area contributed by atoms with E-state index in [1.807, 2.05) is 56.0 Å². The van der Waals surface area contributed by atoms with Crippen LogP contribution in [-0.2, 0) is 4.79 Å². The zero-order valence-corrected chi connectivity index (χ0v) is 24.4. The van der Waals surface area contributed by atoms with Crippen LogP contribution in [0.1, 0.15) is 64.9 Å². The number of Topliss-reactive ketones (excluding diaryl/α,β-unsaturated/α-hetero) is 1. The highest BCUT2D eigenvalue weighted by atomic mass is 16.4. The third-order valence-corrected chi connectivity index (χ3v) is 8.80. The largest absolute Gasteiger partial charge is 0.478 e. The highest BCUT2D eigenvalue weighted by Crippen LogP contribution is 2.38. The van der Waals surface area contributed by atoms with Gasteiger partial charge in [-0.05, 0) is 47.7 Å².